The van der Waals surface area contributed by atoms with Crippen LogP contribution in [0.15, 0.2) is 65.6 Å². The number of ether oxygens (including phenoxy) is 5. The predicted molar refractivity (Wildman–Crippen MR) is 185 cm³/mol. The number of benzene rings is 3. The Morgan fingerprint density at radius 1 is 0.860 bits per heavy atom. The van der Waals surface area contributed by atoms with Crippen molar-refractivity contribution in [3.05, 3.63) is 71.8 Å². The average molecular weight is 709 g/mol. The SMILES string of the molecule is COc1ccc(S(=O)(=O)N2C(=O)C(OCC(=O)N3CCNCC3N3CCC(C)CC3)(c3ccccc3OC)c3cc(OC)ccc32)c(OC)c1. The third kappa shape index (κ3) is 6.14. The van der Waals surface area contributed by atoms with Gasteiger partial charge in [-0.25, -0.2) is 8.42 Å². The zero-order chi connectivity index (χ0) is 35.6. The minimum Gasteiger partial charge on any atom is -0.497 e. The number of anilines is 1. The summed E-state index contributed by atoms with van der Waals surface area (Å²) in [5.41, 5.74) is -1.68. The number of hydrogen-bond acceptors (Lipinski definition) is 11. The molecule has 50 heavy (non-hydrogen) atoms. The van der Waals surface area contributed by atoms with Crippen LogP contribution in [-0.2, 0) is 30.0 Å². The monoisotopic (exact) mass is 708 g/mol. The highest BCUT2D eigenvalue weighted by atomic mass is 32.2. The molecule has 2 unspecified atom stereocenters. The van der Waals surface area contributed by atoms with Crippen LogP contribution in [-0.4, -0.2) is 104 Å². The van der Waals surface area contributed by atoms with Gasteiger partial charge in [-0.2, -0.15) is 4.31 Å². The van der Waals surface area contributed by atoms with E-state index in [1.165, 1.54) is 52.7 Å². The number of carbonyl (C=O) groups excluding carboxylic acids is 2. The Morgan fingerprint density at radius 3 is 2.24 bits per heavy atom. The van der Waals surface area contributed by atoms with Gasteiger partial charge < -0.3 is 33.9 Å². The molecule has 1 N–H and O–H groups in total. The minimum absolute atomic E-state index is 0.0186. The van der Waals surface area contributed by atoms with E-state index in [2.05, 4.69) is 17.1 Å². The van der Waals surface area contributed by atoms with E-state index in [0.717, 1.165) is 25.9 Å². The second-order valence-corrected chi connectivity index (χ2v) is 14.4. The molecule has 0 aliphatic carbocycles. The summed E-state index contributed by atoms with van der Waals surface area (Å²) in [6.07, 6.45) is 1.91. The van der Waals surface area contributed by atoms with Crippen molar-refractivity contribution in [2.45, 2.75) is 36.4 Å². The molecular formula is C36H44N4O9S. The number of sulfonamides is 1. The topological polar surface area (TPSA) is 136 Å². The van der Waals surface area contributed by atoms with Crippen molar-refractivity contribution >= 4 is 27.5 Å². The van der Waals surface area contributed by atoms with Gasteiger partial charge in [0.05, 0.1) is 40.3 Å². The average Bonchev–Trinajstić information content (AvgIpc) is 3.41. The normalized spacial score (nSPS) is 21.5. The van der Waals surface area contributed by atoms with Gasteiger partial charge in [-0.05, 0) is 55.2 Å². The second kappa shape index (κ2) is 14.5. The first kappa shape index (κ1) is 35.5. The molecule has 3 heterocycles. The second-order valence-electron chi connectivity index (χ2n) is 12.6. The number of amides is 2. The maximum Gasteiger partial charge on any atom is 0.282 e. The lowest BCUT2D eigenvalue weighted by atomic mass is 9.86. The lowest BCUT2D eigenvalue weighted by Crippen LogP contribution is -2.62. The third-order valence-corrected chi connectivity index (χ3v) is 11.6. The molecule has 2 amide bonds. The molecule has 3 aliphatic heterocycles. The first-order chi connectivity index (χ1) is 24.1. The molecule has 3 aromatic rings. The quantitative estimate of drug-likeness (QED) is 0.315. The number of piperazine rings is 1. The Bertz CT molecular complexity index is 1850. The number of hydrogen-bond donors (Lipinski definition) is 1. The third-order valence-electron chi connectivity index (χ3n) is 9.85. The molecule has 0 bridgehead atoms. The van der Waals surface area contributed by atoms with Crippen LogP contribution >= 0.6 is 0 Å². The summed E-state index contributed by atoms with van der Waals surface area (Å²) in [5.74, 6) is 0.333. The van der Waals surface area contributed by atoms with Crippen molar-refractivity contribution < 1.29 is 41.7 Å². The van der Waals surface area contributed by atoms with E-state index in [1.807, 2.05) is 0 Å². The van der Waals surface area contributed by atoms with Gasteiger partial charge in [0.2, 0.25) is 11.5 Å². The number of nitrogens with one attached hydrogen (secondary N) is 1. The van der Waals surface area contributed by atoms with Gasteiger partial charge in [0.15, 0.2) is 0 Å². The van der Waals surface area contributed by atoms with Gasteiger partial charge in [-0.3, -0.25) is 14.5 Å². The summed E-state index contributed by atoms with van der Waals surface area (Å²) in [4.78, 5) is 33.2. The molecule has 0 radical (unpaired) electrons. The van der Waals surface area contributed by atoms with E-state index in [-0.39, 0.29) is 45.3 Å². The highest BCUT2D eigenvalue weighted by Gasteiger charge is 2.59. The number of methoxy groups -OCH3 is 4. The molecule has 3 aliphatic rings. The molecule has 6 rings (SSSR count). The Labute approximate surface area is 293 Å². The summed E-state index contributed by atoms with van der Waals surface area (Å²) in [6.45, 7) is 5.14. The highest BCUT2D eigenvalue weighted by molar-refractivity contribution is 7.93. The maximum atomic E-state index is 15.1. The van der Waals surface area contributed by atoms with Crippen molar-refractivity contribution in [2.24, 2.45) is 5.92 Å². The Hall–Kier alpha value is -4.37. The van der Waals surface area contributed by atoms with Crippen LogP contribution in [0.1, 0.15) is 30.9 Å². The fraction of sp³-hybridized carbons (Fsp3) is 0.444. The number of rotatable bonds is 11. The summed E-state index contributed by atoms with van der Waals surface area (Å²) in [5, 5.41) is 3.41. The molecule has 13 nitrogen and oxygen atoms in total. The summed E-state index contributed by atoms with van der Waals surface area (Å²) in [6, 6.07) is 15.6. The molecular weight excluding hydrogens is 664 g/mol. The van der Waals surface area contributed by atoms with Crippen LogP contribution in [0.5, 0.6) is 23.0 Å². The number of likely N-dealkylation sites (tertiary alicyclic amines) is 1. The Balaban J connectivity index is 1.46. The first-order valence-corrected chi connectivity index (χ1v) is 18.1. The number of nitrogens with zero attached hydrogens (tertiary/aromatic N) is 3. The standard InChI is InChI=1S/C36H44N4O9S/c1-24-14-17-38(18-15-24)33-22-37-16-19-39(33)34(41)23-49-36(27-8-6-7-9-30(27)47-4)28-20-25(45-2)10-12-29(28)40(35(36)42)50(43,44)32-13-11-26(46-3)21-31(32)48-5/h6-13,20-21,24,33,37H,14-19,22-23H2,1-5H3. The van der Waals surface area contributed by atoms with Crippen molar-refractivity contribution in [3.63, 3.8) is 0 Å². The van der Waals surface area contributed by atoms with Crippen LogP contribution in [0.2, 0.25) is 0 Å². The fourth-order valence-corrected chi connectivity index (χ4v) is 8.69. The van der Waals surface area contributed by atoms with Crippen LogP contribution in [0.4, 0.5) is 5.69 Å². The van der Waals surface area contributed by atoms with Crippen molar-refractivity contribution in [1.29, 1.82) is 0 Å². The van der Waals surface area contributed by atoms with Crippen LogP contribution in [0.3, 0.4) is 0 Å². The molecule has 268 valence electrons. The smallest absolute Gasteiger partial charge is 0.282 e. The molecule has 0 aromatic heterocycles. The van der Waals surface area contributed by atoms with E-state index in [9.17, 15) is 13.2 Å². The van der Waals surface area contributed by atoms with Crippen LogP contribution in [0, 0.1) is 5.92 Å². The van der Waals surface area contributed by atoms with Gasteiger partial charge in [-0.1, -0.05) is 25.1 Å². The predicted octanol–water partition coefficient (Wildman–Crippen LogP) is 3.21. The van der Waals surface area contributed by atoms with Gasteiger partial charge in [0, 0.05) is 49.9 Å². The molecule has 2 atom stereocenters. The number of carbonyl (C=O) groups is 2. The van der Waals surface area contributed by atoms with Crippen molar-refractivity contribution in [3.8, 4) is 23.0 Å². The first-order valence-electron chi connectivity index (χ1n) is 16.6. The number of piperidine rings is 1. The Kier molecular flexibility index (Phi) is 10.3. The molecule has 2 saturated heterocycles. The summed E-state index contributed by atoms with van der Waals surface area (Å²) >= 11 is 0. The largest absolute Gasteiger partial charge is 0.497 e. The van der Waals surface area contributed by atoms with Crippen molar-refractivity contribution in [2.75, 3.05) is 72.1 Å². The lowest BCUT2D eigenvalue weighted by molar-refractivity contribution is -0.154. The van der Waals surface area contributed by atoms with Crippen LogP contribution in [0.25, 0.3) is 0 Å². The van der Waals surface area contributed by atoms with E-state index >= 15 is 4.79 Å². The fourth-order valence-electron chi connectivity index (χ4n) is 7.09. The zero-order valence-electron chi connectivity index (χ0n) is 29.0. The molecule has 2 fully saturated rings. The van der Waals surface area contributed by atoms with Crippen molar-refractivity contribution in [1.82, 2.24) is 15.1 Å². The van der Waals surface area contributed by atoms with E-state index < -0.39 is 28.1 Å². The minimum atomic E-state index is -4.64. The van der Waals surface area contributed by atoms with E-state index in [0.29, 0.717) is 41.4 Å². The molecule has 0 saturated carbocycles. The number of para-hydroxylation sites is 1. The van der Waals surface area contributed by atoms with Gasteiger partial charge in [0.25, 0.3) is 15.9 Å². The highest BCUT2D eigenvalue weighted by Crippen LogP contribution is 2.52. The van der Waals surface area contributed by atoms with E-state index in [1.54, 1.807) is 41.3 Å². The van der Waals surface area contributed by atoms with E-state index in [4.69, 9.17) is 23.7 Å². The molecule has 3 aromatic carbocycles. The van der Waals surface area contributed by atoms with Gasteiger partial charge in [0.1, 0.15) is 34.5 Å². The zero-order valence-corrected chi connectivity index (χ0v) is 29.8. The summed E-state index contributed by atoms with van der Waals surface area (Å²) < 4.78 is 58.6. The maximum absolute atomic E-state index is 15.1. The van der Waals surface area contributed by atoms with Gasteiger partial charge in [-0.15, -0.1) is 0 Å². The lowest BCUT2D eigenvalue weighted by Gasteiger charge is -2.45. The van der Waals surface area contributed by atoms with Crippen LogP contribution < -0.4 is 28.6 Å². The molecule has 0 spiro atoms. The van der Waals surface area contributed by atoms with Gasteiger partial charge >= 0.3 is 0 Å². The molecule has 14 heteroatoms. The number of fused-ring (bicyclic) bond motifs is 1. The summed E-state index contributed by atoms with van der Waals surface area (Å²) in [7, 11) is 1.06. The Morgan fingerprint density at radius 2 is 1.54 bits per heavy atom.